The number of aliphatic hydroxyl groups is 1. The molecule has 0 aromatic carbocycles. The molecule has 18 heavy (non-hydrogen) atoms. The van der Waals surface area contributed by atoms with E-state index in [1.165, 1.54) is 25.8 Å². The Morgan fingerprint density at radius 1 is 0.944 bits per heavy atom. The highest BCUT2D eigenvalue weighted by Gasteiger charge is 2.15. The Kier molecular flexibility index (Phi) is 8.59. The van der Waals surface area contributed by atoms with Gasteiger partial charge in [-0.15, -0.1) is 0 Å². The average molecular weight is 258 g/mol. The lowest BCUT2D eigenvalue weighted by Crippen LogP contribution is -2.47. The molecule has 0 radical (unpaired) electrons. The molecular weight excluding hydrogens is 228 g/mol. The van der Waals surface area contributed by atoms with E-state index >= 15 is 0 Å². The molecule has 0 unspecified atom stereocenters. The average Bonchev–Trinajstić information content (AvgIpc) is 2.35. The van der Waals surface area contributed by atoms with Crippen LogP contribution in [-0.2, 0) is 4.74 Å². The zero-order valence-corrected chi connectivity index (χ0v) is 12.1. The number of hydrogen-bond acceptors (Lipinski definition) is 4. The summed E-state index contributed by atoms with van der Waals surface area (Å²) < 4.78 is 5.53. The third-order valence-corrected chi connectivity index (χ3v) is 3.45. The largest absolute Gasteiger partial charge is 0.395 e. The van der Waals surface area contributed by atoms with E-state index in [9.17, 15) is 0 Å². The van der Waals surface area contributed by atoms with Crippen LogP contribution in [0.3, 0.4) is 0 Å². The first-order chi connectivity index (χ1) is 8.72. The van der Waals surface area contributed by atoms with Crippen molar-refractivity contribution < 1.29 is 9.84 Å². The molecule has 0 atom stereocenters. The maximum Gasteiger partial charge on any atom is 0.0558 e. The quantitative estimate of drug-likeness (QED) is 0.630. The van der Waals surface area contributed by atoms with Gasteiger partial charge in [-0.25, -0.2) is 0 Å². The second-order valence-electron chi connectivity index (χ2n) is 5.39. The number of aliphatic hydroxyl groups excluding tert-OH is 1. The number of piperazine rings is 1. The van der Waals surface area contributed by atoms with Crippen LogP contribution < -0.4 is 0 Å². The maximum atomic E-state index is 8.88. The summed E-state index contributed by atoms with van der Waals surface area (Å²) in [6.07, 6.45) is 4.10. The van der Waals surface area contributed by atoms with E-state index in [0.29, 0.717) is 6.10 Å². The molecule has 0 aromatic rings. The van der Waals surface area contributed by atoms with Gasteiger partial charge in [0.2, 0.25) is 0 Å². The summed E-state index contributed by atoms with van der Waals surface area (Å²) in [6.45, 7) is 11.9. The van der Waals surface area contributed by atoms with Crippen molar-refractivity contribution in [2.45, 2.75) is 39.2 Å². The molecule has 0 saturated carbocycles. The molecule has 4 heteroatoms. The summed E-state index contributed by atoms with van der Waals surface area (Å²) in [5.74, 6) is 0. The van der Waals surface area contributed by atoms with E-state index in [4.69, 9.17) is 9.84 Å². The van der Waals surface area contributed by atoms with Crippen LogP contribution in [0.4, 0.5) is 0 Å². The lowest BCUT2D eigenvalue weighted by molar-refractivity contribution is 0.0742. The lowest BCUT2D eigenvalue weighted by Gasteiger charge is -2.34. The van der Waals surface area contributed by atoms with Gasteiger partial charge in [0.05, 0.1) is 12.7 Å². The van der Waals surface area contributed by atoms with Crippen LogP contribution in [0, 0.1) is 0 Å². The summed E-state index contributed by atoms with van der Waals surface area (Å²) in [4.78, 5) is 4.88. The first-order valence-electron chi connectivity index (χ1n) is 7.39. The molecule has 0 aliphatic carbocycles. The number of hydrogen-bond donors (Lipinski definition) is 1. The smallest absolute Gasteiger partial charge is 0.0558 e. The Balaban J connectivity index is 1.91. The molecule has 1 rings (SSSR count). The zero-order valence-electron chi connectivity index (χ0n) is 12.1. The molecule has 1 saturated heterocycles. The molecule has 0 amide bonds. The highest BCUT2D eigenvalue weighted by Crippen LogP contribution is 2.05. The normalized spacial score (nSPS) is 18.7. The van der Waals surface area contributed by atoms with Gasteiger partial charge in [0.25, 0.3) is 0 Å². The first kappa shape index (κ1) is 15.9. The minimum absolute atomic E-state index is 0.288. The molecule has 108 valence electrons. The summed E-state index contributed by atoms with van der Waals surface area (Å²) >= 11 is 0. The van der Waals surface area contributed by atoms with Crippen LogP contribution in [0.15, 0.2) is 0 Å². The third-order valence-electron chi connectivity index (χ3n) is 3.45. The van der Waals surface area contributed by atoms with E-state index in [0.717, 1.165) is 39.3 Å². The molecule has 1 aliphatic rings. The first-order valence-corrected chi connectivity index (χ1v) is 7.39. The molecule has 1 aliphatic heterocycles. The number of nitrogens with zero attached hydrogens (tertiary/aromatic N) is 2. The number of β-amino-alcohol motifs (C(OH)–C–C–N with tert-alkyl or cyclic N) is 1. The van der Waals surface area contributed by atoms with E-state index in [1.807, 2.05) is 0 Å². The Bertz CT molecular complexity index is 192. The molecule has 1 heterocycles. The molecule has 1 N–H and O–H groups in total. The molecular formula is C14H30N2O2. The number of unbranched alkanes of at least 4 members (excludes halogenated alkanes) is 2. The predicted octanol–water partition coefficient (Wildman–Crippen LogP) is 1.19. The van der Waals surface area contributed by atoms with Gasteiger partial charge in [-0.2, -0.15) is 0 Å². The van der Waals surface area contributed by atoms with Crippen LogP contribution in [-0.4, -0.2) is 73.5 Å². The Morgan fingerprint density at radius 3 is 2.11 bits per heavy atom. The minimum Gasteiger partial charge on any atom is -0.395 e. The van der Waals surface area contributed by atoms with Crippen molar-refractivity contribution in [2.75, 3.05) is 52.5 Å². The zero-order chi connectivity index (χ0) is 13.2. The van der Waals surface area contributed by atoms with Gasteiger partial charge in [0.1, 0.15) is 0 Å². The van der Waals surface area contributed by atoms with Gasteiger partial charge in [-0.3, -0.25) is 4.90 Å². The van der Waals surface area contributed by atoms with Crippen LogP contribution in [0.5, 0.6) is 0 Å². The van der Waals surface area contributed by atoms with Gasteiger partial charge < -0.3 is 14.7 Å². The van der Waals surface area contributed by atoms with Crippen molar-refractivity contribution in [1.29, 1.82) is 0 Å². The fourth-order valence-corrected chi connectivity index (χ4v) is 2.31. The molecule has 0 bridgehead atoms. The van der Waals surface area contributed by atoms with Crippen molar-refractivity contribution in [2.24, 2.45) is 0 Å². The second-order valence-corrected chi connectivity index (χ2v) is 5.39. The van der Waals surface area contributed by atoms with Crippen LogP contribution >= 0.6 is 0 Å². The van der Waals surface area contributed by atoms with E-state index in [-0.39, 0.29) is 6.61 Å². The topological polar surface area (TPSA) is 35.9 Å². The van der Waals surface area contributed by atoms with Crippen LogP contribution in [0.25, 0.3) is 0 Å². The van der Waals surface area contributed by atoms with Gasteiger partial charge in [-0.05, 0) is 39.7 Å². The Labute approximate surface area is 112 Å². The molecule has 0 spiro atoms. The van der Waals surface area contributed by atoms with Gasteiger partial charge in [0.15, 0.2) is 0 Å². The Hall–Kier alpha value is -0.160. The summed E-state index contributed by atoms with van der Waals surface area (Å²) in [6, 6.07) is 0. The number of rotatable bonds is 9. The maximum absolute atomic E-state index is 8.88. The summed E-state index contributed by atoms with van der Waals surface area (Å²) in [7, 11) is 0. The minimum atomic E-state index is 0.288. The molecule has 4 nitrogen and oxygen atoms in total. The van der Waals surface area contributed by atoms with Crippen LogP contribution in [0.2, 0.25) is 0 Å². The SMILES string of the molecule is CC(C)OCCCCCN1CCN(CCO)CC1. The molecule has 1 fully saturated rings. The summed E-state index contributed by atoms with van der Waals surface area (Å²) in [5, 5.41) is 8.88. The van der Waals surface area contributed by atoms with Crippen molar-refractivity contribution in [3.8, 4) is 0 Å². The van der Waals surface area contributed by atoms with Crippen LogP contribution in [0.1, 0.15) is 33.1 Å². The predicted molar refractivity (Wildman–Crippen MR) is 74.9 cm³/mol. The van der Waals surface area contributed by atoms with Crippen molar-refractivity contribution >= 4 is 0 Å². The summed E-state index contributed by atoms with van der Waals surface area (Å²) in [5.41, 5.74) is 0. The van der Waals surface area contributed by atoms with E-state index in [1.54, 1.807) is 0 Å². The Morgan fingerprint density at radius 2 is 1.56 bits per heavy atom. The fourth-order valence-electron chi connectivity index (χ4n) is 2.31. The van der Waals surface area contributed by atoms with Crippen molar-refractivity contribution in [3.63, 3.8) is 0 Å². The second kappa shape index (κ2) is 9.73. The van der Waals surface area contributed by atoms with Gasteiger partial charge in [-0.1, -0.05) is 0 Å². The van der Waals surface area contributed by atoms with Crippen molar-refractivity contribution in [3.05, 3.63) is 0 Å². The standard InChI is InChI=1S/C14H30N2O2/c1-14(2)18-13-5-3-4-6-15-7-9-16(10-8-15)11-12-17/h14,17H,3-13H2,1-2H3. The van der Waals surface area contributed by atoms with Crippen molar-refractivity contribution in [1.82, 2.24) is 9.80 Å². The third kappa shape index (κ3) is 7.31. The van der Waals surface area contributed by atoms with E-state index in [2.05, 4.69) is 23.6 Å². The lowest BCUT2D eigenvalue weighted by atomic mass is 10.2. The molecule has 0 aromatic heterocycles. The van der Waals surface area contributed by atoms with E-state index < -0.39 is 0 Å². The highest BCUT2D eigenvalue weighted by molar-refractivity contribution is 4.71. The van der Waals surface area contributed by atoms with Gasteiger partial charge >= 0.3 is 0 Å². The highest BCUT2D eigenvalue weighted by atomic mass is 16.5. The monoisotopic (exact) mass is 258 g/mol. The fraction of sp³-hybridized carbons (Fsp3) is 1.00. The number of ether oxygens (including phenoxy) is 1. The van der Waals surface area contributed by atoms with Gasteiger partial charge in [0, 0.05) is 39.3 Å².